The summed E-state index contributed by atoms with van der Waals surface area (Å²) < 4.78 is 16.4. The number of hydrogen-bond donors (Lipinski definition) is 2. The molecule has 0 aliphatic rings. The van der Waals surface area contributed by atoms with E-state index in [1.807, 2.05) is 22.8 Å². The molecule has 4 rings (SSSR count). The van der Waals surface area contributed by atoms with E-state index in [0.29, 0.717) is 17.8 Å². The summed E-state index contributed by atoms with van der Waals surface area (Å²) in [5, 5.41) is 11.1. The average Bonchev–Trinajstić information content (AvgIpc) is 3.16. The molecule has 0 aliphatic heterocycles. The standard InChI is InChI=1S/C18H13BrFN3O/c19-12-1-3-16-11(5-12)6-14(22-16)9-23-10-21-8-17(23)15-7-13(20)2-4-18(15)24/h1-8,10,22,24H,9H2. The van der Waals surface area contributed by atoms with Gasteiger partial charge >= 0.3 is 0 Å². The van der Waals surface area contributed by atoms with Gasteiger partial charge in [0.15, 0.2) is 0 Å². The molecule has 120 valence electrons. The number of nitrogens with one attached hydrogen (secondary N) is 1. The third kappa shape index (κ3) is 2.69. The minimum absolute atomic E-state index is 0.0266. The van der Waals surface area contributed by atoms with Gasteiger partial charge in [-0.15, -0.1) is 0 Å². The van der Waals surface area contributed by atoms with Crippen LogP contribution in [0.4, 0.5) is 4.39 Å². The van der Waals surface area contributed by atoms with Gasteiger partial charge in [-0.25, -0.2) is 9.37 Å². The molecule has 4 nitrogen and oxygen atoms in total. The molecule has 2 N–H and O–H groups in total. The number of aromatic hydroxyl groups is 1. The average molecular weight is 386 g/mol. The molecule has 4 aromatic rings. The second kappa shape index (κ2) is 5.79. The van der Waals surface area contributed by atoms with Gasteiger partial charge in [0.1, 0.15) is 11.6 Å². The van der Waals surface area contributed by atoms with Crippen molar-refractivity contribution in [2.24, 2.45) is 0 Å². The Kier molecular flexibility index (Phi) is 3.61. The van der Waals surface area contributed by atoms with Crippen LogP contribution < -0.4 is 0 Å². The first kappa shape index (κ1) is 15.0. The number of rotatable bonds is 3. The van der Waals surface area contributed by atoms with Crippen molar-refractivity contribution in [1.82, 2.24) is 14.5 Å². The maximum absolute atomic E-state index is 13.5. The Hall–Kier alpha value is -2.60. The molecule has 2 aromatic heterocycles. The Balaban J connectivity index is 1.73. The first-order chi connectivity index (χ1) is 11.6. The fourth-order valence-electron chi connectivity index (χ4n) is 2.82. The summed E-state index contributed by atoms with van der Waals surface area (Å²) in [6, 6.07) is 12.0. The fraction of sp³-hybridized carbons (Fsp3) is 0.0556. The van der Waals surface area contributed by atoms with E-state index in [9.17, 15) is 9.50 Å². The lowest BCUT2D eigenvalue weighted by atomic mass is 10.1. The Morgan fingerprint density at radius 1 is 1.17 bits per heavy atom. The lowest BCUT2D eigenvalue weighted by molar-refractivity contribution is 0.474. The van der Waals surface area contributed by atoms with Crippen molar-refractivity contribution in [3.05, 3.63) is 71.0 Å². The highest BCUT2D eigenvalue weighted by Crippen LogP contribution is 2.30. The van der Waals surface area contributed by atoms with Crippen LogP contribution in [0.15, 0.2) is 59.5 Å². The number of H-pyrrole nitrogens is 1. The Morgan fingerprint density at radius 3 is 2.92 bits per heavy atom. The maximum Gasteiger partial charge on any atom is 0.125 e. The predicted octanol–water partition coefficient (Wildman–Crippen LogP) is 4.69. The fourth-order valence-corrected chi connectivity index (χ4v) is 3.20. The van der Waals surface area contributed by atoms with Gasteiger partial charge in [0.05, 0.1) is 24.8 Å². The van der Waals surface area contributed by atoms with E-state index < -0.39 is 5.82 Å². The van der Waals surface area contributed by atoms with Crippen LogP contribution in [0.1, 0.15) is 5.69 Å². The number of aromatic amines is 1. The molecule has 0 aliphatic carbocycles. The first-order valence-corrected chi connectivity index (χ1v) is 8.15. The minimum atomic E-state index is -0.397. The van der Waals surface area contributed by atoms with E-state index in [4.69, 9.17) is 0 Å². The molecule has 0 atom stereocenters. The SMILES string of the molecule is Oc1ccc(F)cc1-c1cncn1Cc1cc2cc(Br)ccc2[nH]1. The molecule has 0 amide bonds. The quantitative estimate of drug-likeness (QED) is 0.537. The van der Waals surface area contributed by atoms with E-state index in [1.54, 1.807) is 12.5 Å². The highest BCUT2D eigenvalue weighted by Gasteiger charge is 2.12. The molecular weight excluding hydrogens is 373 g/mol. The van der Waals surface area contributed by atoms with E-state index in [0.717, 1.165) is 21.1 Å². The van der Waals surface area contributed by atoms with E-state index in [-0.39, 0.29) is 5.75 Å². The monoisotopic (exact) mass is 385 g/mol. The second-order valence-electron chi connectivity index (χ2n) is 5.59. The summed E-state index contributed by atoms with van der Waals surface area (Å²) in [6.07, 6.45) is 3.29. The van der Waals surface area contributed by atoms with Crippen LogP contribution in [0.3, 0.4) is 0 Å². The zero-order valence-electron chi connectivity index (χ0n) is 12.5. The van der Waals surface area contributed by atoms with Gasteiger partial charge in [-0.3, -0.25) is 0 Å². The number of nitrogens with zero attached hydrogens (tertiary/aromatic N) is 2. The van der Waals surface area contributed by atoms with Crippen LogP contribution in [0, 0.1) is 5.82 Å². The molecule has 6 heteroatoms. The van der Waals surface area contributed by atoms with Crippen LogP contribution in [-0.4, -0.2) is 19.6 Å². The molecule has 0 fully saturated rings. The number of benzene rings is 2. The van der Waals surface area contributed by atoms with E-state index >= 15 is 0 Å². The van der Waals surface area contributed by atoms with Crippen LogP contribution in [0.2, 0.25) is 0 Å². The van der Waals surface area contributed by atoms with Gasteiger partial charge in [0.25, 0.3) is 0 Å². The zero-order valence-corrected chi connectivity index (χ0v) is 14.1. The van der Waals surface area contributed by atoms with Crippen molar-refractivity contribution in [3.8, 4) is 17.0 Å². The number of hydrogen-bond acceptors (Lipinski definition) is 2. The smallest absolute Gasteiger partial charge is 0.125 e. The van der Waals surface area contributed by atoms with Crippen molar-refractivity contribution in [1.29, 1.82) is 0 Å². The van der Waals surface area contributed by atoms with Crippen LogP contribution in [0.5, 0.6) is 5.75 Å². The molecule has 0 bridgehead atoms. The Bertz CT molecular complexity index is 1040. The normalized spacial score (nSPS) is 11.2. The highest BCUT2D eigenvalue weighted by molar-refractivity contribution is 9.10. The third-order valence-electron chi connectivity index (χ3n) is 3.93. The summed E-state index contributed by atoms with van der Waals surface area (Å²) in [5.41, 5.74) is 3.12. The maximum atomic E-state index is 13.5. The molecule has 0 saturated heterocycles. The highest BCUT2D eigenvalue weighted by atomic mass is 79.9. The lowest BCUT2D eigenvalue weighted by Crippen LogP contribution is -2.01. The van der Waals surface area contributed by atoms with Gasteiger partial charge in [0, 0.05) is 26.6 Å². The molecule has 2 heterocycles. The minimum Gasteiger partial charge on any atom is -0.507 e. The zero-order chi connectivity index (χ0) is 16.7. The van der Waals surface area contributed by atoms with Crippen molar-refractivity contribution in [2.75, 3.05) is 0 Å². The van der Waals surface area contributed by atoms with Crippen molar-refractivity contribution in [3.63, 3.8) is 0 Å². The molecule has 24 heavy (non-hydrogen) atoms. The van der Waals surface area contributed by atoms with Gasteiger partial charge in [-0.1, -0.05) is 15.9 Å². The van der Waals surface area contributed by atoms with Gasteiger partial charge in [-0.2, -0.15) is 0 Å². The van der Waals surface area contributed by atoms with E-state index in [1.165, 1.54) is 18.2 Å². The Morgan fingerprint density at radius 2 is 2.04 bits per heavy atom. The predicted molar refractivity (Wildman–Crippen MR) is 94.4 cm³/mol. The summed E-state index contributed by atoms with van der Waals surface area (Å²) in [7, 11) is 0. The summed E-state index contributed by atoms with van der Waals surface area (Å²) in [5.74, 6) is -0.371. The van der Waals surface area contributed by atoms with Crippen molar-refractivity contribution < 1.29 is 9.50 Å². The number of phenols is 1. The molecule has 0 spiro atoms. The number of aromatic nitrogens is 3. The van der Waals surface area contributed by atoms with Crippen molar-refractivity contribution >= 4 is 26.8 Å². The number of halogens is 2. The van der Waals surface area contributed by atoms with Gasteiger partial charge in [-0.05, 0) is 42.5 Å². The largest absolute Gasteiger partial charge is 0.507 e. The molecule has 0 radical (unpaired) electrons. The van der Waals surface area contributed by atoms with Crippen LogP contribution in [-0.2, 0) is 6.54 Å². The summed E-state index contributed by atoms with van der Waals surface area (Å²) in [4.78, 5) is 7.50. The molecule has 2 aromatic carbocycles. The first-order valence-electron chi connectivity index (χ1n) is 7.36. The van der Waals surface area contributed by atoms with Crippen molar-refractivity contribution in [2.45, 2.75) is 6.54 Å². The van der Waals surface area contributed by atoms with Gasteiger partial charge in [0.2, 0.25) is 0 Å². The Labute approximate surface area is 145 Å². The topological polar surface area (TPSA) is 53.8 Å². The van der Waals surface area contributed by atoms with E-state index in [2.05, 4.69) is 32.0 Å². The van der Waals surface area contributed by atoms with Gasteiger partial charge < -0.3 is 14.7 Å². The second-order valence-corrected chi connectivity index (χ2v) is 6.51. The number of imidazole rings is 1. The van der Waals surface area contributed by atoms with Crippen LogP contribution >= 0.6 is 15.9 Å². The number of fused-ring (bicyclic) bond motifs is 1. The molecular formula is C18H13BrFN3O. The molecule has 0 unspecified atom stereocenters. The molecule has 0 saturated carbocycles. The third-order valence-corrected chi connectivity index (χ3v) is 4.42. The number of phenolic OH excluding ortho intramolecular Hbond substituents is 1. The lowest BCUT2D eigenvalue weighted by Gasteiger charge is -2.09. The summed E-state index contributed by atoms with van der Waals surface area (Å²) >= 11 is 3.47. The summed E-state index contributed by atoms with van der Waals surface area (Å²) in [6.45, 7) is 0.539. The van der Waals surface area contributed by atoms with Crippen LogP contribution in [0.25, 0.3) is 22.2 Å².